The minimum Gasteiger partial charge on any atom is -0.496 e. The van der Waals surface area contributed by atoms with Crippen molar-refractivity contribution in [3.8, 4) is 5.75 Å². The molecule has 94 valence electrons. The molecule has 0 fully saturated rings. The number of methoxy groups -OCH3 is 1. The molecule has 0 saturated carbocycles. The van der Waals surface area contributed by atoms with Crippen LogP contribution in [0.3, 0.4) is 0 Å². The zero-order chi connectivity index (χ0) is 13.0. The van der Waals surface area contributed by atoms with Gasteiger partial charge in [0.2, 0.25) is 0 Å². The maximum Gasteiger partial charge on any atom is 0.122 e. The van der Waals surface area contributed by atoms with Crippen molar-refractivity contribution in [3.05, 3.63) is 65.2 Å². The molecule has 2 aromatic carbocycles. The third-order valence-corrected chi connectivity index (χ3v) is 3.40. The van der Waals surface area contributed by atoms with Gasteiger partial charge in [0.25, 0.3) is 0 Å². The van der Waals surface area contributed by atoms with E-state index in [0.29, 0.717) is 0 Å². The van der Waals surface area contributed by atoms with Gasteiger partial charge in [-0.05, 0) is 30.5 Å². The van der Waals surface area contributed by atoms with Crippen molar-refractivity contribution in [1.82, 2.24) is 0 Å². The lowest BCUT2D eigenvalue weighted by molar-refractivity contribution is 0.409. The number of benzene rings is 2. The van der Waals surface area contributed by atoms with Gasteiger partial charge in [-0.2, -0.15) is 0 Å². The Labute approximate surface area is 113 Å². The highest BCUT2D eigenvalue weighted by Crippen LogP contribution is 2.29. The number of para-hydroxylation sites is 1. The number of halogens is 1. The molecule has 1 nitrogen and oxygen atoms in total. The number of aryl methyl sites for hydroxylation is 1. The van der Waals surface area contributed by atoms with E-state index in [1.807, 2.05) is 24.3 Å². The van der Waals surface area contributed by atoms with Gasteiger partial charge in [0, 0.05) is 0 Å². The zero-order valence-corrected chi connectivity index (χ0v) is 11.4. The molecule has 1 unspecified atom stereocenters. The Kier molecular flexibility index (Phi) is 4.27. The van der Waals surface area contributed by atoms with Crippen LogP contribution in [0.25, 0.3) is 0 Å². The maximum absolute atomic E-state index is 6.49. The summed E-state index contributed by atoms with van der Waals surface area (Å²) in [6.45, 7) is 2.08. The number of ether oxygens (including phenoxy) is 1. The number of rotatable bonds is 4. The first kappa shape index (κ1) is 13.0. The topological polar surface area (TPSA) is 9.23 Å². The van der Waals surface area contributed by atoms with Crippen molar-refractivity contribution in [2.75, 3.05) is 7.11 Å². The third kappa shape index (κ3) is 3.05. The molecule has 0 saturated heterocycles. The summed E-state index contributed by atoms with van der Waals surface area (Å²) in [6, 6.07) is 16.3. The van der Waals surface area contributed by atoms with E-state index in [2.05, 4.69) is 31.2 Å². The van der Waals surface area contributed by atoms with Gasteiger partial charge in [-0.25, -0.2) is 0 Å². The van der Waals surface area contributed by atoms with E-state index in [-0.39, 0.29) is 5.38 Å². The summed E-state index contributed by atoms with van der Waals surface area (Å²) in [4.78, 5) is 0. The Bertz CT molecular complexity index is 522. The average Bonchev–Trinajstić information content (AvgIpc) is 2.39. The second-order valence-corrected chi connectivity index (χ2v) is 4.92. The molecule has 18 heavy (non-hydrogen) atoms. The normalized spacial score (nSPS) is 12.2. The van der Waals surface area contributed by atoms with E-state index in [1.165, 1.54) is 5.56 Å². The third-order valence-electron chi connectivity index (χ3n) is 3.00. The van der Waals surface area contributed by atoms with Crippen LogP contribution in [0.1, 0.15) is 22.1 Å². The van der Waals surface area contributed by atoms with Crippen LogP contribution in [0.4, 0.5) is 0 Å². The standard InChI is InChI=1S/C16H17ClO/c1-12-6-5-8-13(10-12)15(17)11-14-7-3-4-9-16(14)18-2/h3-10,15H,11H2,1-2H3. The fourth-order valence-corrected chi connectivity index (χ4v) is 2.35. The maximum atomic E-state index is 6.49. The summed E-state index contributed by atoms with van der Waals surface area (Å²) in [6.07, 6.45) is 0.773. The highest BCUT2D eigenvalue weighted by Gasteiger charge is 2.11. The molecule has 2 rings (SSSR count). The minimum atomic E-state index is -0.0267. The molecule has 0 amide bonds. The van der Waals surface area contributed by atoms with Crippen molar-refractivity contribution >= 4 is 11.6 Å². The molecule has 0 bridgehead atoms. The van der Waals surface area contributed by atoms with Crippen LogP contribution in [0.2, 0.25) is 0 Å². The van der Waals surface area contributed by atoms with Crippen LogP contribution in [0, 0.1) is 6.92 Å². The first-order chi connectivity index (χ1) is 8.70. The molecule has 0 aliphatic heterocycles. The molecule has 0 aromatic heterocycles. The summed E-state index contributed by atoms with van der Waals surface area (Å²) in [7, 11) is 1.69. The van der Waals surface area contributed by atoms with E-state index < -0.39 is 0 Å². The Morgan fingerprint density at radius 3 is 2.61 bits per heavy atom. The van der Waals surface area contributed by atoms with Gasteiger partial charge in [0.15, 0.2) is 0 Å². The highest BCUT2D eigenvalue weighted by atomic mass is 35.5. The molecule has 0 aliphatic carbocycles. The van der Waals surface area contributed by atoms with Gasteiger partial charge in [0.05, 0.1) is 12.5 Å². The lowest BCUT2D eigenvalue weighted by Crippen LogP contribution is -1.98. The molecule has 0 heterocycles. The Morgan fingerprint density at radius 1 is 1.11 bits per heavy atom. The monoisotopic (exact) mass is 260 g/mol. The van der Waals surface area contributed by atoms with Crippen LogP contribution in [-0.2, 0) is 6.42 Å². The van der Waals surface area contributed by atoms with Crippen LogP contribution in [0.5, 0.6) is 5.75 Å². The lowest BCUT2D eigenvalue weighted by atomic mass is 10.0. The summed E-state index contributed by atoms with van der Waals surface area (Å²) in [5, 5.41) is -0.0267. The smallest absolute Gasteiger partial charge is 0.122 e. The molecular formula is C16H17ClO. The van der Waals surface area contributed by atoms with E-state index >= 15 is 0 Å². The number of hydrogen-bond donors (Lipinski definition) is 0. The second-order valence-electron chi connectivity index (χ2n) is 4.40. The van der Waals surface area contributed by atoms with Crippen molar-refractivity contribution < 1.29 is 4.74 Å². The van der Waals surface area contributed by atoms with Gasteiger partial charge >= 0.3 is 0 Å². The van der Waals surface area contributed by atoms with E-state index in [9.17, 15) is 0 Å². The average molecular weight is 261 g/mol. The first-order valence-corrected chi connectivity index (χ1v) is 6.47. The summed E-state index contributed by atoms with van der Waals surface area (Å²) < 4.78 is 5.35. The first-order valence-electron chi connectivity index (χ1n) is 6.03. The SMILES string of the molecule is COc1ccccc1CC(Cl)c1cccc(C)c1. The molecule has 2 heteroatoms. The fraction of sp³-hybridized carbons (Fsp3) is 0.250. The van der Waals surface area contributed by atoms with E-state index in [1.54, 1.807) is 7.11 Å². The predicted molar refractivity (Wildman–Crippen MR) is 76.5 cm³/mol. The lowest BCUT2D eigenvalue weighted by Gasteiger charge is -2.13. The van der Waals surface area contributed by atoms with Gasteiger partial charge in [-0.3, -0.25) is 0 Å². The molecule has 1 atom stereocenters. The molecule has 0 N–H and O–H groups in total. The van der Waals surface area contributed by atoms with Gasteiger partial charge in [0.1, 0.15) is 5.75 Å². The van der Waals surface area contributed by atoms with Crippen LogP contribution >= 0.6 is 11.6 Å². The number of hydrogen-bond acceptors (Lipinski definition) is 1. The summed E-state index contributed by atoms with van der Waals surface area (Å²) >= 11 is 6.49. The largest absolute Gasteiger partial charge is 0.496 e. The van der Waals surface area contributed by atoms with Crippen LogP contribution in [-0.4, -0.2) is 7.11 Å². The van der Waals surface area contributed by atoms with Crippen molar-refractivity contribution in [1.29, 1.82) is 0 Å². The number of alkyl halides is 1. The minimum absolute atomic E-state index is 0.0267. The Balaban J connectivity index is 2.18. The zero-order valence-electron chi connectivity index (χ0n) is 10.7. The predicted octanol–water partition coefficient (Wildman–Crippen LogP) is 4.53. The second kappa shape index (κ2) is 5.92. The molecule has 2 aromatic rings. The van der Waals surface area contributed by atoms with E-state index in [4.69, 9.17) is 16.3 Å². The van der Waals surface area contributed by atoms with Gasteiger partial charge < -0.3 is 4.74 Å². The Morgan fingerprint density at radius 2 is 1.89 bits per heavy atom. The molecule has 0 aliphatic rings. The quantitative estimate of drug-likeness (QED) is 0.734. The van der Waals surface area contributed by atoms with E-state index in [0.717, 1.165) is 23.3 Å². The van der Waals surface area contributed by atoms with Crippen LogP contribution < -0.4 is 4.74 Å². The van der Waals surface area contributed by atoms with Crippen molar-refractivity contribution in [3.63, 3.8) is 0 Å². The highest BCUT2D eigenvalue weighted by molar-refractivity contribution is 6.20. The molecular weight excluding hydrogens is 244 g/mol. The molecule has 0 radical (unpaired) electrons. The fourth-order valence-electron chi connectivity index (χ4n) is 2.05. The molecule has 0 spiro atoms. The van der Waals surface area contributed by atoms with Gasteiger partial charge in [-0.15, -0.1) is 11.6 Å². The summed E-state index contributed by atoms with van der Waals surface area (Å²) in [5.74, 6) is 0.899. The summed E-state index contributed by atoms with van der Waals surface area (Å²) in [5.41, 5.74) is 3.53. The van der Waals surface area contributed by atoms with Crippen molar-refractivity contribution in [2.45, 2.75) is 18.7 Å². The Hall–Kier alpha value is -1.47. The van der Waals surface area contributed by atoms with Crippen molar-refractivity contribution in [2.24, 2.45) is 0 Å². The van der Waals surface area contributed by atoms with Crippen LogP contribution in [0.15, 0.2) is 48.5 Å². The van der Waals surface area contributed by atoms with Gasteiger partial charge in [-0.1, -0.05) is 48.0 Å².